The molecule has 2 heterocycles. The number of halogens is 1. The second-order valence-corrected chi connectivity index (χ2v) is 8.02. The molecule has 2 atom stereocenters. The van der Waals surface area contributed by atoms with Gasteiger partial charge < -0.3 is 9.80 Å². The van der Waals surface area contributed by atoms with Crippen LogP contribution in [-0.2, 0) is 14.4 Å². The zero-order valence-corrected chi connectivity index (χ0v) is 16.5. The largest absolute Gasteiger partial charge is 0.368 e. The fraction of sp³-hybridized carbons (Fsp3) is 0.476. The molecule has 1 aromatic rings. The highest BCUT2D eigenvalue weighted by Gasteiger charge is 2.47. The van der Waals surface area contributed by atoms with Crippen LogP contribution in [0.5, 0.6) is 0 Å². The van der Waals surface area contributed by atoms with Crippen LogP contribution >= 0.6 is 11.6 Å². The Bertz CT molecular complexity index is 791. The molecule has 1 aliphatic carbocycles. The number of rotatable bonds is 4. The number of imide groups is 1. The summed E-state index contributed by atoms with van der Waals surface area (Å²) in [6.45, 7) is 2.93. The fourth-order valence-electron chi connectivity index (χ4n) is 4.34. The van der Waals surface area contributed by atoms with Crippen molar-refractivity contribution in [3.63, 3.8) is 0 Å². The van der Waals surface area contributed by atoms with Crippen LogP contribution in [-0.4, -0.2) is 60.2 Å². The van der Waals surface area contributed by atoms with Crippen LogP contribution in [0.2, 0.25) is 5.02 Å². The number of amides is 3. The lowest BCUT2D eigenvalue weighted by atomic mass is 9.85. The Morgan fingerprint density at radius 3 is 2.25 bits per heavy atom. The zero-order chi connectivity index (χ0) is 19.7. The zero-order valence-electron chi connectivity index (χ0n) is 15.7. The number of benzene rings is 1. The maximum Gasteiger partial charge on any atom is 0.233 e. The molecule has 0 N–H and O–H groups in total. The Hall–Kier alpha value is -2.34. The highest BCUT2D eigenvalue weighted by Crippen LogP contribution is 2.35. The maximum absolute atomic E-state index is 12.6. The third kappa shape index (κ3) is 3.65. The van der Waals surface area contributed by atoms with Gasteiger partial charge in [-0.3, -0.25) is 19.3 Å². The molecular formula is C21H24ClN3O3. The third-order valence-electron chi connectivity index (χ3n) is 5.95. The quantitative estimate of drug-likeness (QED) is 0.574. The lowest BCUT2D eigenvalue weighted by molar-refractivity contribution is -0.140. The number of hydrogen-bond acceptors (Lipinski definition) is 4. The van der Waals surface area contributed by atoms with Gasteiger partial charge in [-0.15, -0.1) is 0 Å². The number of piperazine rings is 1. The molecule has 0 radical (unpaired) electrons. The summed E-state index contributed by atoms with van der Waals surface area (Å²) in [7, 11) is 0. The molecule has 1 aromatic carbocycles. The fourth-order valence-corrected chi connectivity index (χ4v) is 4.53. The molecule has 0 aromatic heterocycles. The number of hydrogen-bond donors (Lipinski definition) is 0. The smallest absolute Gasteiger partial charge is 0.233 e. The first-order chi connectivity index (χ1) is 13.5. The number of carbonyl (C=O) groups excluding carboxylic acids is 3. The molecule has 148 valence electrons. The van der Waals surface area contributed by atoms with Crippen LogP contribution in [0.4, 0.5) is 5.69 Å². The van der Waals surface area contributed by atoms with Gasteiger partial charge in [0.2, 0.25) is 17.7 Å². The Balaban J connectivity index is 1.28. The first kappa shape index (κ1) is 19.0. The predicted octanol–water partition coefficient (Wildman–Crippen LogP) is 2.33. The van der Waals surface area contributed by atoms with Crippen LogP contribution in [0.25, 0.3) is 0 Å². The summed E-state index contributed by atoms with van der Waals surface area (Å²) < 4.78 is 0. The normalized spacial score (nSPS) is 24.7. The molecule has 3 aliphatic rings. The number of nitrogens with zero attached hydrogens (tertiary/aromatic N) is 3. The second-order valence-electron chi connectivity index (χ2n) is 7.58. The molecule has 6 nitrogen and oxygen atoms in total. The van der Waals surface area contributed by atoms with Crippen molar-refractivity contribution in [3.05, 3.63) is 41.4 Å². The Morgan fingerprint density at radius 2 is 1.64 bits per heavy atom. The van der Waals surface area contributed by atoms with E-state index in [1.54, 1.807) is 0 Å². The van der Waals surface area contributed by atoms with Crippen molar-refractivity contribution in [1.82, 2.24) is 9.80 Å². The summed E-state index contributed by atoms with van der Waals surface area (Å²) in [5.41, 5.74) is 1.06. The standard InChI is InChI=1S/C21H24ClN3O3/c22-15-4-3-5-16(14-15)23-10-12-24(13-11-23)19(26)8-9-25-20(27)17-6-1-2-7-18(17)21(25)28/h1-5,14,17-18H,6-13H2/t17-,18+. The van der Waals surface area contributed by atoms with Gasteiger partial charge in [0.05, 0.1) is 11.8 Å². The second kappa shape index (κ2) is 7.95. The van der Waals surface area contributed by atoms with E-state index >= 15 is 0 Å². The van der Waals surface area contributed by atoms with E-state index in [0.717, 1.165) is 18.8 Å². The van der Waals surface area contributed by atoms with Gasteiger partial charge in [0.25, 0.3) is 0 Å². The summed E-state index contributed by atoms with van der Waals surface area (Å²) in [5, 5.41) is 0.701. The average molecular weight is 402 g/mol. The van der Waals surface area contributed by atoms with Crippen molar-refractivity contribution >= 4 is 35.0 Å². The average Bonchev–Trinajstić information content (AvgIpc) is 2.97. The van der Waals surface area contributed by atoms with Gasteiger partial charge in [-0.1, -0.05) is 29.8 Å². The van der Waals surface area contributed by atoms with Gasteiger partial charge in [-0.05, 0) is 31.0 Å². The summed E-state index contributed by atoms with van der Waals surface area (Å²) in [4.78, 5) is 42.9. The highest BCUT2D eigenvalue weighted by atomic mass is 35.5. The van der Waals surface area contributed by atoms with Crippen LogP contribution in [0.1, 0.15) is 19.3 Å². The summed E-state index contributed by atoms with van der Waals surface area (Å²) in [6.07, 6.45) is 5.40. The summed E-state index contributed by atoms with van der Waals surface area (Å²) >= 11 is 6.06. The summed E-state index contributed by atoms with van der Waals surface area (Å²) in [6, 6.07) is 7.71. The maximum atomic E-state index is 12.6. The molecule has 7 heteroatoms. The number of anilines is 1. The molecule has 28 heavy (non-hydrogen) atoms. The lowest BCUT2D eigenvalue weighted by Crippen LogP contribution is -2.49. The minimum atomic E-state index is -0.228. The van der Waals surface area contributed by atoms with Crippen LogP contribution < -0.4 is 4.90 Å². The lowest BCUT2D eigenvalue weighted by Gasteiger charge is -2.36. The van der Waals surface area contributed by atoms with E-state index in [4.69, 9.17) is 11.6 Å². The van der Waals surface area contributed by atoms with E-state index in [-0.39, 0.29) is 42.5 Å². The predicted molar refractivity (Wildman–Crippen MR) is 107 cm³/mol. The molecule has 4 rings (SSSR count). The minimum absolute atomic E-state index is 0.000610. The van der Waals surface area contributed by atoms with Crippen molar-refractivity contribution < 1.29 is 14.4 Å². The SMILES string of the molecule is O=C(CCN1C(=O)[C@H]2CC=CC[C@H]2C1=O)N1CCN(c2cccc(Cl)c2)CC1. The Labute approximate surface area is 169 Å². The third-order valence-corrected chi connectivity index (χ3v) is 6.19. The van der Waals surface area contributed by atoms with Gasteiger partial charge in [-0.2, -0.15) is 0 Å². The van der Waals surface area contributed by atoms with Gasteiger partial charge in [0.1, 0.15) is 0 Å². The van der Waals surface area contributed by atoms with E-state index < -0.39 is 0 Å². The monoisotopic (exact) mass is 401 g/mol. The molecule has 3 amide bonds. The molecule has 0 unspecified atom stereocenters. The number of likely N-dealkylation sites (tertiary alicyclic amines) is 1. The first-order valence-corrected chi connectivity index (χ1v) is 10.2. The minimum Gasteiger partial charge on any atom is -0.368 e. The number of carbonyl (C=O) groups is 3. The van der Waals surface area contributed by atoms with Gasteiger partial charge in [0.15, 0.2) is 0 Å². The molecule has 2 fully saturated rings. The van der Waals surface area contributed by atoms with Crippen molar-refractivity contribution in [2.24, 2.45) is 11.8 Å². The van der Waals surface area contributed by atoms with E-state index in [1.165, 1.54) is 4.90 Å². The van der Waals surface area contributed by atoms with Gasteiger partial charge in [-0.25, -0.2) is 0 Å². The van der Waals surface area contributed by atoms with Crippen molar-refractivity contribution in [2.75, 3.05) is 37.6 Å². The number of fused-ring (bicyclic) bond motifs is 1. The highest BCUT2D eigenvalue weighted by molar-refractivity contribution is 6.30. The molecule has 2 saturated heterocycles. The van der Waals surface area contributed by atoms with Crippen LogP contribution in [0.15, 0.2) is 36.4 Å². The van der Waals surface area contributed by atoms with E-state index in [0.29, 0.717) is 31.0 Å². The molecule has 0 saturated carbocycles. The van der Waals surface area contributed by atoms with Crippen LogP contribution in [0, 0.1) is 11.8 Å². The molecule has 2 aliphatic heterocycles. The number of allylic oxidation sites excluding steroid dienone is 2. The van der Waals surface area contributed by atoms with Crippen LogP contribution in [0.3, 0.4) is 0 Å². The first-order valence-electron chi connectivity index (χ1n) is 9.83. The Morgan fingerprint density at radius 1 is 1.00 bits per heavy atom. The van der Waals surface area contributed by atoms with E-state index in [1.807, 2.05) is 41.3 Å². The van der Waals surface area contributed by atoms with Crippen molar-refractivity contribution in [3.8, 4) is 0 Å². The summed E-state index contributed by atoms with van der Waals surface area (Å²) in [5.74, 6) is -0.683. The van der Waals surface area contributed by atoms with Crippen molar-refractivity contribution in [2.45, 2.75) is 19.3 Å². The van der Waals surface area contributed by atoms with Gasteiger partial charge in [0, 0.05) is 49.9 Å². The molecule has 0 spiro atoms. The van der Waals surface area contributed by atoms with Gasteiger partial charge >= 0.3 is 0 Å². The van der Waals surface area contributed by atoms with E-state index in [2.05, 4.69) is 4.90 Å². The van der Waals surface area contributed by atoms with E-state index in [9.17, 15) is 14.4 Å². The van der Waals surface area contributed by atoms with Crippen molar-refractivity contribution in [1.29, 1.82) is 0 Å². The topological polar surface area (TPSA) is 60.9 Å². The molecule has 0 bridgehead atoms. The molecular weight excluding hydrogens is 378 g/mol. The Kier molecular flexibility index (Phi) is 5.40.